The second-order valence-electron chi connectivity index (χ2n) is 5.04. The Morgan fingerprint density at radius 1 is 1.05 bits per heavy atom. The Morgan fingerprint density at radius 3 is 2.23 bits per heavy atom. The van der Waals surface area contributed by atoms with Crippen LogP contribution in [0.4, 0.5) is 0 Å². The van der Waals surface area contributed by atoms with Crippen molar-refractivity contribution in [3.8, 4) is 0 Å². The van der Waals surface area contributed by atoms with Crippen LogP contribution in [0.5, 0.6) is 0 Å². The quantitative estimate of drug-likeness (QED) is 0.630. The molecule has 0 fully saturated rings. The third-order valence-corrected chi connectivity index (χ3v) is 3.38. The lowest BCUT2D eigenvalue weighted by Gasteiger charge is -2.15. The summed E-state index contributed by atoms with van der Waals surface area (Å²) in [6.45, 7) is 0.754. The molecule has 0 saturated carbocycles. The number of hydrogen-bond donors (Lipinski definition) is 1. The normalized spacial score (nSPS) is 12.2. The van der Waals surface area contributed by atoms with Crippen LogP contribution >= 0.6 is 0 Å². The molecular formula is C19H21NO2. The van der Waals surface area contributed by atoms with Gasteiger partial charge in [-0.15, -0.1) is 0 Å². The summed E-state index contributed by atoms with van der Waals surface area (Å²) in [5.74, 6) is -0.334. The number of hydrogen-bond acceptors (Lipinski definition) is 3. The van der Waals surface area contributed by atoms with Crippen LogP contribution in [0.3, 0.4) is 0 Å². The van der Waals surface area contributed by atoms with Gasteiger partial charge in [0.05, 0.1) is 7.11 Å². The zero-order chi connectivity index (χ0) is 15.6. The first-order valence-electron chi connectivity index (χ1n) is 7.35. The third-order valence-electron chi connectivity index (χ3n) is 3.38. The number of carbonyl (C=O) groups excluding carboxylic acids is 1. The Labute approximate surface area is 131 Å². The van der Waals surface area contributed by atoms with Crippen LogP contribution in [-0.2, 0) is 22.5 Å². The zero-order valence-corrected chi connectivity index (χ0v) is 12.7. The predicted octanol–water partition coefficient (Wildman–Crippen LogP) is 3.12. The lowest BCUT2D eigenvalue weighted by Crippen LogP contribution is -2.29. The van der Waals surface area contributed by atoms with Gasteiger partial charge in [-0.05, 0) is 17.5 Å². The highest BCUT2D eigenvalue weighted by molar-refractivity contribution is 5.81. The fourth-order valence-corrected chi connectivity index (χ4v) is 2.18. The average molecular weight is 295 g/mol. The first-order chi connectivity index (χ1) is 10.8. The van der Waals surface area contributed by atoms with Gasteiger partial charge in [-0.25, -0.2) is 4.79 Å². The maximum Gasteiger partial charge on any atom is 0.330 e. The van der Waals surface area contributed by atoms with E-state index in [4.69, 9.17) is 0 Å². The number of rotatable bonds is 7. The van der Waals surface area contributed by atoms with E-state index in [9.17, 15) is 4.79 Å². The highest BCUT2D eigenvalue weighted by atomic mass is 16.5. The first kappa shape index (κ1) is 16.0. The molecule has 0 aromatic heterocycles. The number of benzene rings is 2. The molecule has 2 rings (SSSR count). The van der Waals surface area contributed by atoms with Crippen molar-refractivity contribution in [2.45, 2.75) is 19.0 Å². The molecular weight excluding hydrogens is 274 g/mol. The smallest absolute Gasteiger partial charge is 0.330 e. The Kier molecular flexibility index (Phi) is 6.39. The van der Waals surface area contributed by atoms with Gasteiger partial charge in [0.1, 0.15) is 0 Å². The molecule has 0 aliphatic heterocycles. The monoisotopic (exact) mass is 295 g/mol. The molecule has 0 heterocycles. The van der Waals surface area contributed by atoms with E-state index in [2.05, 4.69) is 34.3 Å². The van der Waals surface area contributed by atoms with Crippen molar-refractivity contribution in [3.05, 3.63) is 83.9 Å². The Balaban J connectivity index is 2.00. The fraction of sp³-hybridized carbons (Fsp3) is 0.211. The van der Waals surface area contributed by atoms with E-state index in [1.807, 2.05) is 42.5 Å². The number of esters is 1. The van der Waals surface area contributed by atoms with Gasteiger partial charge in [0.25, 0.3) is 0 Å². The highest BCUT2D eigenvalue weighted by Crippen LogP contribution is 2.06. The Morgan fingerprint density at radius 2 is 1.64 bits per heavy atom. The van der Waals surface area contributed by atoms with Crippen LogP contribution in [0.2, 0.25) is 0 Å². The molecule has 0 spiro atoms. The van der Waals surface area contributed by atoms with E-state index in [1.165, 1.54) is 24.3 Å². The van der Waals surface area contributed by atoms with Gasteiger partial charge >= 0.3 is 5.97 Å². The molecule has 114 valence electrons. The summed E-state index contributed by atoms with van der Waals surface area (Å²) in [6.07, 6.45) is 4.16. The van der Waals surface area contributed by atoms with Gasteiger partial charge in [0.15, 0.2) is 0 Å². The SMILES string of the molecule is COC(=O)/C=C/[C@H](Cc1ccccc1)NCc1ccccc1. The number of carbonyl (C=O) groups is 1. The molecule has 1 N–H and O–H groups in total. The van der Waals surface area contributed by atoms with Crippen molar-refractivity contribution in [1.82, 2.24) is 5.32 Å². The first-order valence-corrected chi connectivity index (χ1v) is 7.35. The summed E-state index contributed by atoms with van der Waals surface area (Å²) < 4.78 is 4.66. The van der Waals surface area contributed by atoms with E-state index in [1.54, 1.807) is 0 Å². The summed E-state index contributed by atoms with van der Waals surface area (Å²) in [6, 6.07) is 20.5. The van der Waals surface area contributed by atoms with Crippen LogP contribution in [0.15, 0.2) is 72.8 Å². The summed E-state index contributed by atoms with van der Waals surface area (Å²) in [4.78, 5) is 11.3. The molecule has 0 saturated heterocycles. The van der Waals surface area contributed by atoms with Gasteiger partial charge in [-0.2, -0.15) is 0 Å². The summed E-state index contributed by atoms with van der Waals surface area (Å²) in [5, 5.41) is 3.47. The minimum atomic E-state index is -0.334. The number of methoxy groups -OCH3 is 1. The maximum atomic E-state index is 11.3. The lowest BCUT2D eigenvalue weighted by molar-refractivity contribution is -0.134. The standard InChI is InChI=1S/C19H21NO2/c1-22-19(21)13-12-18(14-16-8-4-2-5-9-16)20-15-17-10-6-3-7-11-17/h2-13,18,20H,14-15H2,1H3/b13-12+/t18-/m1/s1. The molecule has 2 aromatic rings. The summed E-state index contributed by atoms with van der Waals surface area (Å²) >= 11 is 0. The Hall–Kier alpha value is -2.39. The van der Waals surface area contributed by atoms with Crippen LogP contribution < -0.4 is 5.32 Å². The van der Waals surface area contributed by atoms with Crippen molar-refractivity contribution < 1.29 is 9.53 Å². The average Bonchev–Trinajstić information content (AvgIpc) is 2.58. The predicted molar refractivity (Wildman–Crippen MR) is 88.4 cm³/mol. The second-order valence-corrected chi connectivity index (χ2v) is 5.04. The molecule has 3 nitrogen and oxygen atoms in total. The van der Waals surface area contributed by atoms with Crippen LogP contribution in [0.25, 0.3) is 0 Å². The molecule has 0 radical (unpaired) electrons. The minimum absolute atomic E-state index is 0.0710. The number of ether oxygens (including phenoxy) is 1. The van der Waals surface area contributed by atoms with Crippen molar-refractivity contribution in [2.75, 3.05) is 7.11 Å². The molecule has 3 heteroatoms. The lowest BCUT2D eigenvalue weighted by atomic mass is 10.0. The Bertz CT molecular complexity index is 593. The van der Waals surface area contributed by atoms with Crippen LogP contribution in [0.1, 0.15) is 11.1 Å². The molecule has 2 aromatic carbocycles. The number of nitrogens with one attached hydrogen (secondary N) is 1. The molecule has 0 aliphatic rings. The third kappa shape index (κ3) is 5.54. The molecule has 0 amide bonds. The van der Waals surface area contributed by atoms with Gasteiger partial charge in [-0.3, -0.25) is 0 Å². The van der Waals surface area contributed by atoms with Gasteiger partial charge in [0.2, 0.25) is 0 Å². The molecule has 1 atom stereocenters. The maximum absolute atomic E-state index is 11.3. The van der Waals surface area contributed by atoms with E-state index >= 15 is 0 Å². The second kappa shape index (κ2) is 8.80. The highest BCUT2D eigenvalue weighted by Gasteiger charge is 2.07. The van der Waals surface area contributed by atoms with Gasteiger partial charge in [-0.1, -0.05) is 66.7 Å². The molecule has 22 heavy (non-hydrogen) atoms. The topological polar surface area (TPSA) is 38.3 Å². The minimum Gasteiger partial charge on any atom is -0.466 e. The van der Waals surface area contributed by atoms with Gasteiger partial charge in [0, 0.05) is 18.7 Å². The summed E-state index contributed by atoms with van der Waals surface area (Å²) in [7, 11) is 1.39. The van der Waals surface area contributed by atoms with E-state index < -0.39 is 0 Å². The van der Waals surface area contributed by atoms with Crippen molar-refractivity contribution in [3.63, 3.8) is 0 Å². The zero-order valence-electron chi connectivity index (χ0n) is 12.7. The van der Waals surface area contributed by atoms with Gasteiger partial charge < -0.3 is 10.1 Å². The fourth-order valence-electron chi connectivity index (χ4n) is 2.18. The molecule has 0 bridgehead atoms. The van der Waals surface area contributed by atoms with Crippen LogP contribution in [-0.4, -0.2) is 19.1 Å². The molecule has 0 aliphatic carbocycles. The van der Waals surface area contributed by atoms with Crippen molar-refractivity contribution in [1.29, 1.82) is 0 Å². The van der Waals surface area contributed by atoms with E-state index in [0.717, 1.165) is 13.0 Å². The van der Waals surface area contributed by atoms with Crippen LogP contribution in [0, 0.1) is 0 Å². The largest absolute Gasteiger partial charge is 0.466 e. The van der Waals surface area contributed by atoms with E-state index in [0.29, 0.717) is 0 Å². The van der Waals surface area contributed by atoms with Crippen molar-refractivity contribution >= 4 is 5.97 Å². The summed E-state index contributed by atoms with van der Waals surface area (Å²) in [5.41, 5.74) is 2.44. The molecule has 0 unspecified atom stereocenters. The van der Waals surface area contributed by atoms with Crippen molar-refractivity contribution in [2.24, 2.45) is 0 Å². The van der Waals surface area contributed by atoms with E-state index in [-0.39, 0.29) is 12.0 Å².